The Balaban J connectivity index is 3.00. The van der Waals surface area contributed by atoms with Crippen LogP contribution in [0.25, 0.3) is 0 Å². The molecule has 18 heavy (non-hydrogen) atoms. The van der Waals surface area contributed by atoms with Crippen molar-refractivity contribution in [2.75, 3.05) is 13.7 Å². The maximum Gasteiger partial charge on any atom is 0.322 e. The number of carboxylic acid groups (broad SMARTS) is 1. The van der Waals surface area contributed by atoms with E-state index < -0.39 is 18.4 Å². The number of benzene rings is 1. The third kappa shape index (κ3) is 3.48. The molecule has 5 heteroatoms. The Morgan fingerprint density at radius 2 is 2.06 bits per heavy atom. The molecule has 0 aliphatic rings. The zero-order chi connectivity index (χ0) is 13.7. The molecule has 0 heterocycles. The van der Waals surface area contributed by atoms with Gasteiger partial charge < -0.3 is 15.2 Å². The second-order valence-corrected chi connectivity index (χ2v) is 4.19. The Hall–Kier alpha value is -2.04. The first-order valence-electron chi connectivity index (χ1n) is 5.63. The van der Waals surface area contributed by atoms with Crippen LogP contribution in [0.2, 0.25) is 0 Å². The van der Waals surface area contributed by atoms with E-state index >= 15 is 0 Å². The summed E-state index contributed by atoms with van der Waals surface area (Å²) in [6, 6.07) is 5.32. The molecule has 0 radical (unpaired) electrons. The number of carboxylic acids is 1. The van der Waals surface area contributed by atoms with E-state index in [9.17, 15) is 9.59 Å². The first-order valence-corrected chi connectivity index (χ1v) is 5.63. The van der Waals surface area contributed by atoms with E-state index in [1.807, 2.05) is 19.9 Å². The van der Waals surface area contributed by atoms with Crippen LogP contribution >= 0.6 is 0 Å². The molecule has 1 rings (SSSR count). The summed E-state index contributed by atoms with van der Waals surface area (Å²) < 4.78 is 5.10. The number of carbonyl (C=O) groups is 2. The van der Waals surface area contributed by atoms with Crippen molar-refractivity contribution in [1.29, 1.82) is 0 Å². The van der Waals surface area contributed by atoms with E-state index in [1.54, 1.807) is 12.1 Å². The lowest BCUT2D eigenvalue weighted by molar-refractivity contribution is -0.135. The molecule has 0 aromatic heterocycles. The SMILES string of the molecule is COc1ccc(C(C)C)cc1C(=O)NCC(=O)O. The summed E-state index contributed by atoms with van der Waals surface area (Å²) in [6.07, 6.45) is 0. The molecule has 1 aromatic rings. The van der Waals surface area contributed by atoms with Gasteiger partial charge in [0.1, 0.15) is 12.3 Å². The highest BCUT2D eigenvalue weighted by Gasteiger charge is 2.14. The van der Waals surface area contributed by atoms with Crippen molar-refractivity contribution in [3.8, 4) is 5.75 Å². The third-order valence-corrected chi connectivity index (χ3v) is 2.53. The van der Waals surface area contributed by atoms with Crippen LogP contribution in [0.1, 0.15) is 35.7 Å². The van der Waals surface area contributed by atoms with Gasteiger partial charge in [-0.3, -0.25) is 9.59 Å². The van der Waals surface area contributed by atoms with Gasteiger partial charge in [0, 0.05) is 0 Å². The Morgan fingerprint density at radius 3 is 2.56 bits per heavy atom. The van der Waals surface area contributed by atoms with E-state index in [2.05, 4.69) is 5.32 Å². The van der Waals surface area contributed by atoms with E-state index in [0.29, 0.717) is 11.3 Å². The van der Waals surface area contributed by atoms with Crippen molar-refractivity contribution in [2.24, 2.45) is 0 Å². The summed E-state index contributed by atoms with van der Waals surface area (Å²) in [5.41, 5.74) is 1.35. The van der Waals surface area contributed by atoms with Crippen molar-refractivity contribution < 1.29 is 19.4 Å². The van der Waals surface area contributed by atoms with Gasteiger partial charge in [-0.1, -0.05) is 19.9 Å². The number of aliphatic carboxylic acids is 1. The number of nitrogens with one attached hydrogen (secondary N) is 1. The highest BCUT2D eigenvalue weighted by molar-refractivity contribution is 5.98. The van der Waals surface area contributed by atoms with E-state index in [-0.39, 0.29) is 5.92 Å². The van der Waals surface area contributed by atoms with Gasteiger partial charge in [-0.05, 0) is 23.6 Å². The predicted octanol–water partition coefficient (Wildman–Crippen LogP) is 1.63. The number of carbonyl (C=O) groups excluding carboxylic acids is 1. The molecule has 1 aromatic carbocycles. The smallest absolute Gasteiger partial charge is 0.322 e. The Kier molecular flexibility index (Phi) is 4.71. The lowest BCUT2D eigenvalue weighted by atomic mass is 10.00. The van der Waals surface area contributed by atoms with Crippen LogP contribution < -0.4 is 10.1 Å². The van der Waals surface area contributed by atoms with Crippen molar-refractivity contribution >= 4 is 11.9 Å². The second kappa shape index (κ2) is 6.05. The normalized spacial score (nSPS) is 10.2. The third-order valence-electron chi connectivity index (χ3n) is 2.53. The molecule has 1 amide bonds. The van der Waals surface area contributed by atoms with Gasteiger partial charge in [-0.25, -0.2) is 0 Å². The highest BCUT2D eigenvalue weighted by atomic mass is 16.5. The molecule has 5 nitrogen and oxygen atoms in total. The van der Waals surface area contributed by atoms with E-state index in [0.717, 1.165) is 5.56 Å². The van der Waals surface area contributed by atoms with Gasteiger partial charge in [0.15, 0.2) is 0 Å². The maximum atomic E-state index is 11.8. The van der Waals surface area contributed by atoms with Crippen molar-refractivity contribution in [1.82, 2.24) is 5.32 Å². The molecule has 0 saturated carbocycles. The Morgan fingerprint density at radius 1 is 1.39 bits per heavy atom. The molecular weight excluding hydrogens is 234 g/mol. The fourth-order valence-electron chi connectivity index (χ4n) is 1.51. The zero-order valence-electron chi connectivity index (χ0n) is 10.7. The average Bonchev–Trinajstić information content (AvgIpc) is 2.34. The molecule has 98 valence electrons. The van der Waals surface area contributed by atoms with Gasteiger partial charge >= 0.3 is 5.97 Å². The van der Waals surface area contributed by atoms with Crippen molar-refractivity contribution in [3.05, 3.63) is 29.3 Å². The van der Waals surface area contributed by atoms with Crippen LogP contribution in [0.4, 0.5) is 0 Å². The molecule has 0 unspecified atom stereocenters. The number of rotatable bonds is 5. The van der Waals surface area contributed by atoms with Crippen LogP contribution in [-0.4, -0.2) is 30.6 Å². The minimum Gasteiger partial charge on any atom is -0.496 e. The van der Waals surface area contributed by atoms with Crippen LogP contribution in [0.5, 0.6) is 5.75 Å². The van der Waals surface area contributed by atoms with Crippen molar-refractivity contribution in [2.45, 2.75) is 19.8 Å². The van der Waals surface area contributed by atoms with E-state index in [4.69, 9.17) is 9.84 Å². The second-order valence-electron chi connectivity index (χ2n) is 4.19. The number of methoxy groups -OCH3 is 1. The number of ether oxygens (including phenoxy) is 1. The standard InChI is InChI=1S/C13H17NO4/c1-8(2)9-4-5-11(18-3)10(6-9)13(17)14-7-12(15)16/h4-6,8H,7H2,1-3H3,(H,14,17)(H,15,16). The minimum atomic E-state index is -1.08. The molecule has 0 aliphatic carbocycles. The van der Waals surface area contributed by atoms with Gasteiger partial charge in [-0.15, -0.1) is 0 Å². The summed E-state index contributed by atoms with van der Waals surface area (Å²) in [7, 11) is 1.47. The largest absolute Gasteiger partial charge is 0.496 e. The van der Waals surface area contributed by atoms with Crippen LogP contribution in [0.15, 0.2) is 18.2 Å². The summed E-state index contributed by atoms with van der Waals surface area (Å²) in [5.74, 6) is -0.816. The highest BCUT2D eigenvalue weighted by Crippen LogP contribution is 2.23. The Labute approximate surface area is 106 Å². The number of hydrogen-bond donors (Lipinski definition) is 2. The predicted molar refractivity (Wildman–Crippen MR) is 67.1 cm³/mol. The molecule has 2 N–H and O–H groups in total. The fourth-order valence-corrected chi connectivity index (χ4v) is 1.51. The molecule has 0 spiro atoms. The lowest BCUT2D eigenvalue weighted by Crippen LogP contribution is -2.29. The molecule has 0 aliphatic heterocycles. The van der Waals surface area contributed by atoms with Gasteiger partial charge in [0.25, 0.3) is 5.91 Å². The molecule has 0 atom stereocenters. The summed E-state index contributed by atoms with van der Waals surface area (Å²) in [5, 5.41) is 10.9. The van der Waals surface area contributed by atoms with Gasteiger partial charge in [0.2, 0.25) is 0 Å². The van der Waals surface area contributed by atoms with Crippen molar-refractivity contribution in [3.63, 3.8) is 0 Å². The van der Waals surface area contributed by atoms with Gasteiger partial charge in [0.05, 0.1) is 12.7 Å². The van der Waals surface area contributed by atoms with E-state index in [1.165, 1.54) is 7.11 Å². The molecule has 0 bridgehead atoms. The quantitative estimate of drug-likeness (QED) is 0.834. The van der Waals surface area contributed by atoms with Gasteiger partial charge in [-0.2, -0.15) is 0 Å². The minimum absolute atomic E-state index is 0.280. The Bertz CT molecular complexity index is 454. The van der Waals surface area contributed by atoms with Crippen LogP contribution in [0, 0.1) is 0 Å². The molecule has 0 saturated heterocycles. The summed E-state index contributed by atoms with van der Waals surface area (Å²) in [6.45, 7) is 3.62. The summed E-state index contributed by atoms with van der Waals surface area (Å²) in [4.78, 5) is 22.3. The first-order chi connectivity index (χ1) is 8.45. The number of hydrogen-bond acceptors (Lipinski definition) is 3. The van der Waals surface area contributed by atoms with Crippen LogP contribution in [-0.2, 0) is 4.79 Å². The maximum absolute atomic E-state index is 11.8. The zero-order valence-corrected chi connectivity index (χ0v) is 10.7. The molecule has 0 fully saturated rings. The monoisotopic (exact) mass is 251 g/mol. The number of amides is 1. The fraction of sp³-hybridized carbons (Fsp3) is 0.385. The topological polar surface area (TPSA) is 75.6 Å². The average molecular weight is 251 g/mol. The first kappa shape index (κ1) is 14.0. The lowest BCUT2D eigenvalue weighted by Gasteiger charge is -2.12. The summed E-state index contributed by atoms with van der Waals surface area (Å²) >= 11 is 0. The van der Waals surface area contributed by atoms with Crippen LogP contribution in [0.3, 0.4) is 0 Å². The molecular formula is C13H17NO4.